The van der Waals surface area contributed by atoms with Crippen LogP contribution in [0.3, 0.4) is 0 Å². The Balaban J connectivity index is 1.97. The van der Waals surface area contributed by atoms with E-state index in [-0.39, 0.29) is 11.7 Å². The summed E-state index contributed by atoms with van der Waals surface area (Å²) in [6, 6.07) is 12.8. The van der Waals surface area contributed by atoms with Crippen molar-refractivity contribution in [1.29, 1.82) is 0 Å². The summed E-state index contributed by atoms with van der Waals surface area (Å²) in [6.07, 6.45) is 1.77. The van der Waals surface area contributed by atoms with Crippen molar-refractivity contribution in [3.05, 3.63) is 57.2 Å². The summed E-state index contributed by atoms with van der Waals surface area (Å²) >= 11 is 2.04. The van der Waals surface area contributed by atoms with Crippen LogP contribution in [0, 0.1) is 3.57 Å². The SMILES string of the molecule is CCOc1cc(/C=C2\C(=O)N(c3ccccc3)N=C2C)cc(I)c1O. The van der Waals surface area contributed by atoms with Crippen molar-refractivity contribution < 1.29 is 14.6 Å². The molecule has 0 aromatic heterocycles. The van der Waals surface area contributed by atoms with Gasteiger partial charge in [-0.05, 0) is 72.3 Å². The lowest BCUT2D eigenvalue weighted by molar-refractivity contribution is -0.114. The number of hydrazone groups is 1. The lowest BCUT2D eigenvalue weighted by Gasteiger charge is -2.11. The summed E-state index contributed by atoms with van der Waals surface area (Å²) in [7, 11) is 0. The number of aromatic hydroxyl groups is 1. The second kappa shape index (κ2) is 7.26. The van der Waals surface area contributed by atoms with Crippen LogP contribution < -0.4 is 9.75 Å². The van der Waals surface area contributed by atoms with E-state index in [1.54, 1.807) is 18.2 Å². The van der Waals surface area contributed by atoms with E-state index in [9.17, 15) is 9.90 Å². The molecule has 1 aliphatic rings. The Kier molecular flexibility index (Phi) is 5.08. The van der Waals surface area contributed by atoms with Gasteiger partial charge in [-0.15, -0.1) is 0 Å². The number of rotatable bonds is 4. The number of hydrogen-bond donors (Lipinski definition) is 1. The second-order valence-electron chi connectivity index (χ2n) is 5.48. The van der Waals surface area contributed by atoms with Crippen molar-refractivity contribution >= 4 is 46.0 Å². The number of hydrogen-bond acceptors (Lipinski definition) is 4. The van der Waals surface area contributed by atoms with E-state index in [2.05, 4.69) is 5.10 Å². The maximum absolute atomic E-state index is 12.7. The number of para-hydroxylation sites is 1. The van der Waals surface area contributed by atoms with Crippen molar-refractivity contribution in [3.63, 3.8) is 0 Å². The summed E-state index contributed by atoms with van der Waals surface area (Å²) in [6.45, 7) is 4.11. The minimum absolute atomic E-state index is 0.110. The third-order valence-corrected chi connectivity index (χ3v) is 4.55. The van der Waals surface area contributed by atoms with Gasteiger partial charge in [0.05, 0.1) is 27.1 Å². The molecule has 1 aliphatic heterocycles. The molecule has 0 spiro atoms. The van der Waals surface area contributed by atoms with Crippen LogP contribution in [-0.4, -0.2) is 23.3 Å². The first-order valence-electron chi connectivity index (χ1n) is 7.83. The van der Waals surface area contributed by atoms with Crippen LogP contribution in [0.4, 0.5) is 5.69 Å². The van der Waals surface area contributed by atoms with E-state index in [1.165, 1.54) is 5.01 Å². The molecule has 2 aromatic rings. The van der Waals surface area contributed by atoms with Gasteiger partial charge < -0.3 is 9.84 Å². The Morgan fingerprint density at radius 2 is 2.00 bits per heavy atom. The first kappa shape index (κ1) is 17.5. The minimum Gasteiger partial charge on any atom is -0.504 e. The van der Waals surface area contributed by atoms with Gasteiger partial charge in [0.2, 0.25) is 0 Å². The Hall–Kier alpha value is -2.35. The lowest BCUT2D eigenvalue weighted by Crippen LogP contribution is -2.21. The summed E-state index contributed by atoms with van der Waals surface area (Å²) in [4.78, 5) is 12.7. The van der Waals surface area contributed by atoms with Crippen LogP contribution in [0.5, 0.6) is 11.5 Å². The van der Waals surface area contributed by atoms with Crippen molar-refractivity contribution in [2.45, 2.75) is 13.8 Å². The number of nitrogens with zero attached hydrogens (tertiary/aromatic N) is 2. The number of benzene rings is 2. The fraction of sp³-hybridized carbons (Fsp3) is 0.158. The molecule has 25 heavy (non-hydrogen) atoms. The fourth-order valence-corrected chi connectivity index (χ4v) is 3.16. The predicted molar refractivity (Wildman–Crippen MR) is 107 cm³/mol. The van der Waals surface area contributed by atoms with E-state index in [0.29, 0.717) is 27.2 Å². The molecule has 0 saturated carbocycles. The average Bonchev–Trinajstić information content (AvgIpc) is 2.88. The van der Waals surface area contributed by atoms with E-state index >= 15 is 0 Å². The molecule has 0 radical (unpaired) electrons. The zero-order valence-electron chi connectivity index (χ0n) is 13.9. The summed E-state index contributed by atoms with van der Waals surface area (Å²) in [5.74, 6) is 0.338. The number of ether oxygens (including phenoxy) is 1. The van der Waals surface area contributed by atoms with Crippen LogP contribution >= 0.6 is 22.6 Å². The van der Waals surface area contributed by atoms with E-state index in [1.807, 2.05) is 66.8 Å². The third-order valence-electron chi connectivity index (χ3n) is 3.72. The number of halogens is 1. The molecule has 5 nitrogen and oxygen atoms in total. The first-order chi connectivity index (χ1) is 12.0. The second-order valence-corrected chi connectivity index (χ2v) is 6.64. The number of phenolic OH excluding ortho intramolecular Hbond substituents is 1. The van der Waals surface area contributed by atoms with Gasteiger partial charge in [0.15, 0.2) is 11.5 Å². The largest absolute Gasteiger partial charge is 0.504 e. The molecule has 0 aliphatic carbocycles. The zero-order valence-corrected chi connectivity index (χ0v) is 16.0. The molecule has 0 fully saturated rings. The lowest BCUT2D eigenvalue weighted by atomic mass is 10.1. The average molecular weight is 448 g/mol. The highest BCUT2D eigenvalue weighted by Crippen LogP contribution is 2.34. The predicted octanol–water partition coefficient (Wildman–Crippen LogP) is 4.20. The molecule has 6 heteroatoms. The smallest absolute Gasteiger partial charge is 0.280 e. The van der Waals surface area contributed by atoms with E-state index in [4.69, 9.17) is 4.74 Å². The van der Waals surface area contributed by atoms with Crippen molar-refractivity contribution in [2.24, 2.45) is 5.10 Å². The number of carbonyl (C=O) groups excluding carboxylic acids is 1. The molecule has 0 atom stereocenters. The van der Waals surface area contributed by atoms with Crippen LogP contribution in [0.25, 0.3) is 6.08 Å². The number of amides is 1. The topological polar surface area (TPSA) is 62.1 Å². The molecule has 2 aromatic carbocycles. The van der Waals surface area contributed by atoms with Gasteiger partial charge in [-0.3, -0.25) is 4.79 Å². The Bertz CT molecular complexity index is 876. The van der Waals surface area contributed by atoms with E-state index < -0.39 is 0 Å². The number of carbonyl (C=O) groups is 1. The molecule has 3 rings (SSSR count). The maximum Gasteiger partial charge on any atom is 0.280 e. The van der Waals surface area contributed by atoms with Crippen molar-refractivity contribution in [2.75, 3.05) is 11.6 Å². The van der Waals surface area contributed by atoms with Crippen molar-refractivity contribution in [3.8, 4) is 11.5 Å². The molecule has 1 N–H and O–H groups in total. The molecular weight excluding hydrogens is 431 g/mol. The molecule has 0 unspecified atom stereocenters. The van der Waals surface area contributed by atoms with Gasteiger partial charge in [-0.1, -0.05) is 18.2 Å². The molecule has 1 heterocycles. The number of phenols is 1. The Morgan fingerprint density at radius 3 is 2.68 bits per heavy atom. The normalized spacial score (nSPS) is 15.6. The molecule has 1 amide bonds. The molecular formula is C19H17IN2O3. The standard InChI is InChI=1S/C19H17IN2O3/c1-3-25-17-11-13(10-16(20)18(17)23)9-15-12(2)21-22(19(15)24)14-7-5-4-6-8-14/h4-11,23H,3H2,1-2H3/b15-9-. The third kappa shape index (κ3) is 3.53. The van der Waals surface area contributed by atoms with Crippen LogP contribution in [0.2, 0.25) is 0 Å². The highest BCUT2D eigenvalue weighted by atomic mass is 127. The van der Waals surface area contributed by atoms with E-state index in [0.717, 1.165) is 11.3 Å². The highest BCUT2D eigenvalue weighted by molar-refractivity contribution is 14.1. The fourth-order valence-electron chi connectivity index (χ4n) is 2.54. The first-order valence-corrected chi connectivity index (χ1v) is 8.91. The van der Waals surface area contributed by atoms with Crippen LogP contribution in [0.1, 0.15) is 19.4 Å². The monoisotopic (exact) mass is 448 g/mol. The Morgan fingerprint density at radius 1 is 1.28 bits per heavy atom. The maximum atomic E-state index is 12.7. The quantitative estimate of drug-likeness (QED) is 0.564. The van der Waals surface area contributed by atoms with Gasteiger partial charge in [-0.2, -0.15) is 10.1 Å². The Labute approximate surface area is 159 Å². The molecule has 128 valence electrons. The molecule has 0 bridgehead atoms. The summed E-state index contributed by atoms with van der Waals surface area (Å²) in [5, 5.41) is 15.8. The van der Waals surface area contributed by atoms with Gasteiger partial charge in [-0.25, -0.2) is 0 Å². The highest BCUT2D eigenvalue weighted by Gasteiger charge is 2.28. The van der Waals surface area contributed by atoms with Crippen LogP contribution in [-0.2, 0) is 4.79 Å². The minimum atomic E-state index is -0.176. The molecule has 0 saturated heterocycles. The van der Waals surface area contributed by atoms with Crippen molar-refractivity contribution in [1.82, 2.24) is 0 Å². The summed E-state index contributed by atoms with van der Waals surface area (Å²) < 4.78 is 6.12. The van der Waals surface area contributed by atoms with Gasteiger partial charge in [0.25, 0.3) is 5.91 Å². The van der Waals surface area contributed by atoms with Gasteiger partial charge >= 0.3 is 0 Å². The van der Waals surface area contributed by atoms with Gasteiger partial charge in [0.1, 0.15) is 0 Å². The van der Waals surface area contributed by atoms with Crippen LogP contribution in [0.15, 0.2) is 53.1 Å². The zero-order chi connectivity index (χ0) is 18.0. The van der Waals surface area contributed by atoms with Gasteiger partial charge in [0, 0.05) is 0 Å². The summed E-state index contributed by atoms with van der Waals surface area (Å²) in [5.41, 5.74) is 2.67. The number of anilines is 1.